The molecule has 1 aromatic carbocycles. The van der Waals surface area contributed by atoms with Gasteiger partial charge >= 0.3 is 0 Å². The summed E-state index contributed by atoms with van der Waals surface area (Å²) < 4.78 is 13.6. The Labute approximate surface area is 126 Å². The number of halogens is 1. The first kappa shape index (κ1) is 15.1. The number of hydrogen-bond acceptors (Lipinski definition) is 6. The predicted molar refractivity (Wildman–Crippen MR) is 82.8 cm³/mol. The fraction of sp³-hybridized carbons (Fsp3) is 0.143. The molecule has 0 atom stereocenters. The fourth-order valence-corrected chi connectivity index (χ4v) is 2.39. The van der Waals surface area contributed by atoms with Crippen molar-refractivity contribution in [3.05, 3.63) is 41.2 Å². The van der Waals surface area contributed by atoms with Crippen LogP contribution in [0.2, 0.25) is 0 Å². The minimum Gasteiger partial charge on any atom is -0.383 e. The minimum atomic E-state index is -0.367. The van der Waals surface area contributed by atoms with Gasteiger partial charge in [0.15, 0.2) is 5.16 Å². The summed E-state index contributed by atoms with van der Waals surface area (Å²) in [6, 6.07) is 6.24. The summed E-state index contributed by atoms with van der Waals surface area (Å²) in [6.07, 6.45) is 0. The Morgan fingerprint density at radius 1 is 1.14 bits per heavy atom. The van der Waals surface area contributed by atoms with Crippen molar-refractivity contribution in [1.29, 1.82) is 0 Å². The predicted octanol–water partition coefficient (Wildman–Crippen LogP) is 1.38. The number of hydrogen-bond donors (Lipinski definition) is 3. The van der Waals surface area contributed by atoms with Crippen LogP contribution in [-0.4, -0.2) is 16.5 Å². The summed E-state index contributed by atoms with van der Waals surface area (Å²) >= 11 is 1.36. The number of thioether (sulfide) groups is 1. The number of nitrogens with zero attached hydrogens (tertiary/aromatic N) is 2. The average Bonchev–Trinajstić information content (AvgIpc) is 2.44. The van der Waals surface area contributed by atoms with Gasteiger partial charge in [-0.3, -0.25) is 0 Å². The van der Waals surface area contributed by atoms with Crippen molar-refractivity contribution in [2.75, 3.05) is 18.0 Å². The van der Waals surface area contributed by atoms with E-state index in [2.05, 4.69) is 21.8 Å². The van der Waals surface area contributed by atoms with Crippen LogP contribution in [-0.2, 0) is 5.75 Å². The smallest absolute Gasteiger partial charge is 0.191 e. The van der Waals surface area contributed by atoms with Crippen molar-refractivity contribution in [3.63, 3.8) is 0 Å². The van der Waals surface area contributed by atoms with E-state index in [1.807, 2.05) is 0 Å². The lowest BCUT2D eigenvalue weighted by Gasteiger charge is -2.04. The summed E-state index contributed by atoms with van der Waals surface area (Å²) in [7, 11) is 0. The average molecular weight is 303 g/mol. The normalized spacial score (nSPS) is 10.0. The first-order valence-electron chi connectivity index (χ1n) is 6.08. The highest BCUT2D eigenvalue weighted by atomic mass is 32.2. The van der Waals surface area contributed by atoms with Gasteiger partial charge in [-0.15, -0.1) is 0 Å². The van der Waals surface area contributed by atoms with Gasteiger partial charge in [0, 0.05) is 11.8 Å². The van der Waals surface area contributed by atoms with E-state index in [4.69, 9.17) is 17.2 Å². The van der Waals surface area contributed by atoms with Crippen LogP contribution in [0.3, 0.4) is 0 Å². The van der Waals surface area contributed by atoms with Crippen LogP contribution in [0.15, 0.2) is 29.4 Å². The zero-order valence-corrected chi connectivity index (χ0v) is 12.0. The second kappa shape index (κ2) is 6.92. The standard InChI is InChI=1S/C14H14FN5S/c15-11-4-3-9(6-10(11)2-1-5-16)8-21-14-19-12(17)7-13(18)20-14/h3-4,6-7H,5,8,16H2,(H4,17,18,19,20). The minimum absolute atomic E-state index is 0.189. The zero-order valence-electron chi connectivity index (χ0n) is 11.1. The molecule has 1 aromatic heterocycles. The quantitative estimate of drug-likeness (QED) is 0.449. The molecule has 6 N–H and O–H groups in total. The molecule has 1 heterocycles. The second-order valence-electron chi connectivity index (χ2n) is 4.11. The topological polar surface area (TPSA) is 104 Å². The van der Waals surface area contributed by atoms with E-state index < -0.39 is 0 Å². The molecule has 0 radical (unpaired) electrons. The number of nitrogen functional groups attached to an aromatic ring is 2. The van der Waals surface area contributed by atoms with Crippen LogP contribution in [0.4, 0.5) is 16.0 Å². The van der Waals surface area contributed by atoms with E-state index in [9.17, 15) is 4.39 Å². The molecule has 0 aliphatic carbocycles. The van der Waals surface area contributed by atoms with E-state index in [1.165, 1.54) is 23.9 Å². The Balaban J connectivity index is 2.13. The van der Waals surface area contributed by atoms with Gasteiger partial charge in [0.05, 0.1) is 12.1 Å². The van der Waals surface area contributed by atoms with Gasteiger partial charge in [-0.2, -0.15) is 0 Å². The molecule has 0 unspecified atom stereocenters. The van der Waals surface area contributed by atoms with Gasteiger partial charge in [0.1, 0.15) is 17.5 Å². The molecule has 0 spiro atoms. The first-order valence-corrected chi connectivity index (χ1v) is 7.07. The Kier molecular flexibility index (Phi) is 4.98. The molecule has 2 rings (SSSR count). The monoisotopic (exact) mass is 303 g/mol. The molecule has 21 heavy (non-hydrogen) atoms. The van der Waals surface area contributed by atoms with Crippen molar-refractivity contribution in [1.82, 2.24) is 9.97 Å². The maximum atomic E-state index is 13.6. The second-order valence-corrected chi connectivity index (χ2v) is 5.05. The Bertz CT molecular complexity index is 688. The summed E-state index contributed by atoms with van der Waals surface area (Å²) in [5.74, 6) is 6.16. The first-order chi connectivity index (χ1) is 10.1. The third kappa shape index (κ3) is 4.34. The van der Waals surface area contributed by atoms with E-state index in [-0.39, 0.29) is 12.4 Å². The maximum Gasteiger partial charge on any atom is 0.191 e. The highest BCUT2D eigenvalue weighted by molar-refractivity contribution is 7.98. The molecule has 108 valence electrons. The lowest BCUT2D eigenvalue weighted by Crippen LogP contribution is -1.99. The lowest BCUT2D eigenvalue weighted by molar-refractivity contribution is 0.624. The van der Waals surface area contributed by atoms with Crippen LogP contribution in [0.1, 0.15) is 11.1 Å². The Hall–Kier alpha value is -2.30. The van der Waals surface area contributed by atoms with E-state index in [0.717, 1.165) is 5.56 Å². The molecular weight excluding hydrogens is 289 g/mol. The van der Waals surface area contributed by atoms with Crippen LogP contribution in [0, 0.1) is 17.7 Å². The maximum absolute atomic E-state index is 13.6. The van der Waals surface area contributed by atoms with Crippen molar-refractivity contribution < 1.29 is 4.39 Å². The number of nitrogens with two attached hydrogens (primary N) is 3. The van der Waals surface area contributed by atoms with Crippen LogP contribution in [0.25, 0.3) is 0 Å². The Morgan fingerprint density at radius 3 is 2.52 bits per heavy atom. The molecule has 0 fully saturated rings. The van der Waals surface area contributed by atoms with Gasteiger partial charge in [0.2, 0.25) is 0 Å². The van der Waals surface area contributed by atoms with Crippen molar-refractivity contribution in [3.8, 4) is 11.8 Å². The molecule has 0 aliphatic heterocycles. The molecule has 0 saturated heterocycles. The number of benzene rings is 1. The summed E-state index contributed by atoms with van der Waals surface area (Å²) in [5, 5.41) is 0.478. The Morgan fingerprint density at radius 2 is 1.86 bits per heavy atom. The van der Waals surface area contributed by atoms with Crippen molar-refractivity contribution in [2.45, 2.75) is 10.9 Å². The van der Waals surface area contributed by atoms with Crippen LogP contribution < -0.4 is 17.2 Å². The van der Waals surface area contributed by atoms with Gasteiger partial charge in [-0.1, -0.05) is 29.7 Å². The van der Waals surface area contributed by atoms with Gasteiger partial charge in [-0.25, -0.2) is 14.4 Å². The summed E-state index contributed by atoms with van der Waals surface area (Å²) in [5.41, 5.74) is 17.7. The number of rotatable bonds is 3. The summed E-state index contributed by atoms with van der Waals surface area (Å²) in [4.78, 5) is 8.14. The molecule has 0 amide bonds. The van der Waals surface area contributed by atoms with Crippen LogP contribution in [0.5, 0.6) is 0 Å². The molecule has 0 saturated carbocycles. The van der Waals surface area contributed by atoms with E-state index >= 15 is 0 Å². The third-order valence-electron chi connectivity index (χ3n) is 2.47. The molecule has 0 bridgehead atoms. The van der Waals surface area contributed by atoms with E-state index in [0.29, 0.717) is 28.1 Å². The molecular formula is C14H14FN5S. The highest BCUT2D eigenvalue weighted by Crippen LogP contribution is 2.22. The third-order valence-corrected chi connectivity index (χ3v) is 3.39. The summed E-state index contributed by atoms with van der Waals surface area (Å²) in [6.45, 7) is 0.189. The SMILES string of the molecule is NCC#Cc1cc(CSc2nc(N)cc(N)n2)ccc1F. The van der Waals surface area contributed by atoms with Gasteiger partial charge in [-0.05, 0) is 17.7 Å². The number of aromatic nitrogens is 2. The van der Waals surface area contributed by atoms with Crippen LogP contribution >= 0.6 is 11.8 Å². The van der Waals surface area contributed by atoms with Gasteiger partial charge < -0.3 is 17.2 Å². The zero-order chi connectivity index (χ0) is 15.2. The highest BCUT2D eigenvalue weighted by Gasteiger charge is 2.05. The molecule has 0 aliphatic rings. The molecule has 2 aromatic rings. The molecule has 5 nitrogen and oxygen atoms in total. The van der Waals surface area contributed by atoms with Gasteiger partial charge in [0.25, 0.3) is 0 Å². The lowest BCUT2D eigenvalue weighted by atomic mass is 10.1. The fourth-order valence-electron chi connectivity index (χ4n) is 1.58. The number of anilines is 2. The van der Waals surface area contributed by atoms with Crippen molar-refractivity contribution in [2.24, 2.45) is 5.73 Å². The molecule has 7 heteroatoms. The van der Waals surface area contributed by atoms with Crippen molar-refractivity contribution >= 4 is 23.4 Å². The van der Waals surface area contributed by atoms with E-state index in [1.54, 1.807) is 12.1 Å². The largest absolute Gasteiger partial charge is 0.383 e.